The summed E-state index contributed by atoms with van der Waals surface area (Å²) in [5.74, 6) is -0.0182. The number of hydrogen-bond donors (Lipinski definition) is 1. The fraction of sp³-hybridized carbons (Fsp3) is 0.429. The normalized spacial score (nSPS) is 14.7. The van der Waals surface area contributed by atoms with Gasteiger partial charge in [0.25, 0.3) is 0 Å². The van der Waals surface area contributed by atoms with Crippen LogP contribution in [0.25, 0.3) is 0 Å². The number of thioether (sulfide) groups is 1. The highest BCUT2D eigenvalue weighted by molar-refractivity contribution is 8.18. The first kappa shape index (κ1) is 16.3. The zero-order valence-electron chi connectivity index (χ0n) is 11.6. The van der Waals surface area contributed by atoms with Crippen molar-refractivity contribution in [1.29, 1.82) is 0 Å². The van der Waals surface area contributed by atoms with Gasteiger partial charge in [0.2, 0.25) is 9.84 Å². The van der Waals surface area contributed by atoms with Crippen molar-refractivity contribution in [3.8, 4) is 0 Å². The van der Waals surface area contributed by atoms with E-state index in [1.54, 1.807) is 30.5 Å². The lowest BCUT2D eigenvalue weighted by molar-refractivity contribution is 0.172. The molecular formula is C14H20O3S2. The lowest BCUT2D eigenvalue weighted by Crippen LogP contribution is -2.14. The van der Waals surface area contributed by atoms with E-state index in [1.807, 2.05) is 20.8 Å². The van der Waals surface area contributed by atoms with Crippen molar-refractivity contribution in [3.63, 3.8) is 0 Å². The van der Waals surface area contributed by atoms with Gasteiger partial charge in [0.15, 0.2) is 0 Å². The SMILES string of the molecule is CS/C(=C\[C@H](O)C(C)C)S(=O)(=O)c1ccc(C)cc1. The molecular weight excluding hydrogens is 280 g/mol. The summed E-state index contributed by atoms with van der Waals surface area (Å²) in [7, 11) is -3.53. The van der Waals surface area contributed by atoms with Crippen molar-refractivity contribution >= 4 is 21.6 Å². The molecule has 106 valence electrons. The number of aliphatic hydroxyl groups is 1. The summed E-state index contributed by atoms with van der Waals surface area (Å²) in [6, 6.07) is 6.72. The first-order valence-electron chi connectivity index (χ1n) is 6.04. The fourth-order valence-corrected chi connectivity index (χ4v) is 3.92. The molecule has 0 amide bonds. The third kappa shape index (κ3) is 4.09. The van der Waals surface area contributed by atoms with Crippen LogP contribution in [0.4, 0.5) is 0 Å². The van der Waals surface area contributed by atoms with Crippen LogP contribution in [0.2, 0.25) is 0 Å². The topological polar surface area (TPSA) is 54.4 Å². The van der Waals surface area contributed by atoms with E-state index in [0.717, 1.165) is 17.3 Å². The number of sulfone groups is 1. The fourth-order valence-electron chi connectivity index (χ4n) is 1.43. The highest BCUT2D eigenvalue weighted by atomic mass is 32.3. The molecule has 0 unspecified atom stereocenters. The molecule has 1 aromatic carbocycles. The van der Waals surface area contributed by atoms with Gasteiger partial charge < -0.3 is 5.11 Å². The Kier molecular flexibility index (Phi) is 5.64. The molecule has 0 saturated carbocycles. The lowest BCUT2D eigenvalue weighted by Gasteiger charge is -2.13. The van der Waals surface area contributed by atoms with Gasteiger partial charge in [-0.1, -0.05) is 31.5 Å². The van der Waals surface area contributed by atoms with E-state index in [-0.39, 0.29) is 15.1 Å². The van der Waals surface area contributed by atoms with Crippen molar-refractivity contribution in [2.24, 2.45) is 5.92 Å². The number of aryl methyl sites for hydroxylation is 1. The zero-order chi connectivity index (χ0) is 14.6. The molecule has 19 heavy (non-hydrogen) atoms. The molecule has 0 fully saturated rings. The molecule has 5 heteroatoms. The molecule has 0 aliphatic rings. The van der Waals surface area contributed by atoms with Crippen molar-refractivity contribution in [2.75, 3.05) is 6.26 Å². The number of hydrogen-bond acceptors (Lipinski definition) is 4. The molecule has 1 N–H and O–H groups in total. The van der Waals surface area contributed by atoms with Gasteiger partial charge in [-0.2, -0.15) is 0 Å². The molecule has 1 atom stereocenters. The first-order valence-corrected chi connectivity index (χ1v) is 8.75. The molecule has 0 aromatic heterocycles. The van der Waals surface area contributed by atoms with Gasteiger partial charge in [-0.05, 0) is 37.3 Å². The molecule has 0 aliphatic heterocycles. The van der Waals surface area contributed by atoms with Gasteiger partial charge >= 0.3 is 0 Å². The van der Waals surface area contributed by atoms with Crippen LogP contribution < -0.4 is 0 Å². The average molecular weight is 300 g/mol. The van der Waals surface area contributed by atoms with Gasteiger partial charge in [-0.15, -0.1) is 11.8 Å². The van der Waals surface area contributed by atoms with Crippen molar-refractivity contribution < 1.29 is 13.5 Å². The maximum absolute atomic E-state index is 12.4. The molecule has 0 bridgehead atoms. The van der Waals surface area contributed by atoms with E-state index in [2.05, 4.69) is 0 Å². The van der Waals surface area contributed by atoms with E-state index in [9.17, 15) is 13.5 Å². The smallest absolute Gasteiger partial charge is 0.212 e. The van der Waals surface area contributed by atoms with Crippen LogP contribution in [0.1, 0.15) is 19.4 Å². The van der Waals surface area contributed by atoms with E-state index in [0.29, 0.717) is 0 Å². The second-order valence-corrected chi connectivity index (χ2v) is 7.77. The molecule has 0 saturated heterocycles. The Bertz CT molecular complexity index is 543. The Morgan fingerprint density at radius 3 is 2.21 bits per heavy atom. The molecule has 0 aliphatic carbocycles. The lowest BCUT2D eigenvalue weighted by atomic mass is 10.1. The van der Waals surface area contributed by atoms with Gasteiger partial charge in [-0.3, -0.25) is 0 Å². The van der Waals surface area contributed by atoms with Crippen molar-refractivity contribution in [3.05, 3.63) is 40.1 Å². The van der Waals surface area contributed by atoms with Crippen molar-refractivity contribution in [2.45, 2.75) is 31.8 Å². The van der Waals surface area contributed by atoms with Gasteiger partial charge in [0.05, 0.1) is 11.0 Å². The van der Waals surface area contributed by atoms with Crippen LogP contribution in [0.5, 0.6) is 0 Å². The van der Waals surface area contributed by atoms with E-state index >= 15 is 0 Å². The maximum atomic E-state index is 12.4. The quantitative estimate of drug-likeness (QED) is 0.908. The molecule has 3 nitrogen and oxygen atoms in total. The molecule has 1 aromatic rings. The molecule has 0 radical (unpaired) electrons. The highest BCUT2D eigenvalue weighted by Crippen LogP contribution is 2.28. The third-order valence-electron chi connectivity index (χ3n) is 2.79. The first-order chi connectivity index (χ1) is 8.78. The largest absolute Gasteiger partial charge is 0.389 e. The van der Waals surface area contributed by atoms with Crippen LogP contribution in [0, 0.1) is 12.8 Å². The number of aliphatic hydroxyl groups excluding tert-OH is 1. The molecule has 0 spiro atoms. The Morgan fingerprint density at radius 2 is 1.79 bits per heavy atom. The predicted octanol–water partition coefficient (Wildman–Crippen LogP) is 2.99. The van der Waals surface area contributed by atoms with Crippen molar-refractivity contribution in [1.82, 2.24) is 0 Å². The zero-order valence-corrected chi connectivity index (χ0v) is 13.3. The van der Waals surface area contributed by atoms with E-state index in [1.165, 1.54) is 6.08 Å². The minimum atomic E-state index is -3.53. The number of rotatable bonds is 5. The molecule has 0 heterocycles. The summed E-state index contributed by atoms with van der Waals surface area (Å²) in [5.41, 5.74) is 1.01. The minimum Gasteiger partial charge on any atom is -0.389 e. The summed E-state index contributed by atoms with van der Waals surface area (Å²) in [4.78, 5) is 0.259. The Hall–Kier alpha value is -0.780. The summed E-state index contributed by atoms with van der Waals surface area (Å²) in [6.45, 7) is 5.60. The van der Waals surface area contributed by atoms with Gasteiger partial charge in [0.1, 0.15) is 4.24 Å². The summed E-state index contributed by atoms with van der Waals surface area (Å²) >= 11 is 1.13. The van der Waals surface area contributed by atoms with Crippen LogP contribution in [0.15, 0.2) is 39.5 Å². The second kappa shape index (κ2) is 6.59. The third-order valence-corrected chi connectivity index (χ3v) is 6.04. The molecule has 1 rings (SSSR count). The maximum Gasteiger partial charge on any atom is 0.212 e. The van der Waals surface area contributed by atoms with E-state index in [4.69, 9.17) is 0 Å². The van der Waals surface area contributed by atoms with E-state index < -0.39 is 15.9 Å². The van der Waals surface area contributed by atoms with Crippen LogP contribution in [-0.2, 0) is 9.84 Å². The Morgan fingerprint density at radius 1 is 1.26 bits per heavy atom. The summed E-state index contributed by atoms with van der Waals surface area (Å²) in [5, 5.41) is 9.83. The Balaban J connectivity index is 3.19. The minimum absolute atomic E-state index is 0.0182. The van der Waals surface area contributed by atoms with Gasteiger partial charge in [-0.25, -0.2) is 8.42 Å². The predicted molar refractivity (Wildman–Crippen MR) is 80.8 cm³/mol. The number of benzene rings is 1. The van der Waals surface area contributed by atoms with Crippen LogP contribution in [-0.4, -0.2) is 25.9 Å². The van der Waals surface area contributed by atoms with Gasteiger partial charge in [0, 0.05) is 0 Å². The summed E-state index contributed by atoms with van der Waals surface area (Å²) < 4.78 is 25.1. The monoisotopic (exact) mass is 300 g/mol. The second-order valence-electron chi connectivity index (χ2n) is 4.74. The van der Waals surface area contributed by atoms with Crippen LogP contribution in [0.3, 0.4) is 0 Å². The summed E-state index contributed by atoms with van der Waals surface area (Å²) in [6.07, 6.45) is 2.36. The Labute approximate surface area is 119 Å². The standard InChI is InChI=1S/C14H20O3S2/c1-10(2)13(15)9-14(18-4)19(16,17)12-7-5-11(3)6-8-12/h5-10,13,15H,1-4H3/b14-9+/t13-/m0/s1. The van der Waals surface area contributed by atoms with Crippen LogP contribution >= 0.6 is 11.8 Å². The highest BCUT2D eigenvalue weighted by Gasteiger charge is 2.21. The average Bonchev–Trinajstić information content (AvgIpc) is 2.35.